The van der Waals surface area contributed by atoms with Gasteiger partial charge in [0.25, 0.3) is 0 Å². The first-order valence-electron chi connectivity index (χ1n) is 6.45. The lowest BCUT2D eigenvalue weighted by Gasteiger charge is -2.08. The van der Waals surface area contributed by atoms with E-state index in [0.717, 1.165) is 11.5 Å². The summed E-state index contributed by atoms with van der Waals surface area (Å²) in [6, 6.07) is 6.18. The minimum Gasteiger partial charge on any atom is -0.295 e. The smallest absolute Gasteiger partial charge is 0.195 e. The van der Waals surface area contributed by atoms with E-state index in [1.807, 2.05) is 18.2 Å². The van der Waals surface area contributed by atoms with Gasteiger partial charge in [-0.15, -0.1) is 0 Å². The standard InChI is InChI=1S/C14H18N4S/c1-13(2)11(14(13,3)4)18-10(16-17-12(18)19)9-7-5-6-8-15-9/h5-8,11H,1-4H3,(H,17,19). The van der Waals surface area contributed by atoms with Crippen molar-refractivity contribution in [2.75, 3.05) is 0 Å². The van der Waals surface area contributed by atoms with E-state index in [4.69, 9.17) is 12.2 Å². The van der Waals surface area contributed by atoms with Gasteiger partial charge in [-0.2, -0.15) is 5.10 Å². The van der Waals surface area contributed by atoms with Gasteiger partial charge in [-0.05, 0) is 35.2 Å². The molecular formula is C14H18N4S. The summed E-state index contributed by atoms with van der Waals surface area (Å²) in [5.41, 5.74) is 1.27. The molecule has 2 aromatic rings. The Labute approximate surface area is 117 Å². The van der Waals surface area contributed by atoms with Crippen LogP contribution in [0.3, 0.4) is 0 Å². The van der Waals surface area contributed by atoms with Crippen LogP contribution >= 0.6 is 12.2 Å². The molecule has 4 nitrogen and oxygen atoms in total. The Bertz CT molecular complexity index is 652. The van der Waals surface area contributed by atoms with E-state index in [1.165, 1.54) is 0 Å². The molecule has 2 aromatic heterocycles. The van der Waals surface area contributed by atoms with Gasteiger partial charge >= 0.3 is 0 Å². The van der Waals surface area contributed by atoms with E-state index in [9.17, 15) is 0 Å². The highest BCUT2D eigenvalue weighted by molar-refractivity contribution is 7.71. The van der Waals surface area contributed by atoms with Crippen LogP contribution in [0, 0.1) is 15.6 Å². The SMILES string of the molecule is CC1(C)C(n2c(-c3ccccn3)n[nH]c2=S)C1(C)C. The van der Waals surface area contributed by atoms with Crippen molar-refractivity contribution in [2.24, 2.45) is 10.8 Å². The maximum atomic E-state index is 5.41. The molecule has 0 aromatic carbocycles. The van der Waals surface area contributed by atoms with E-state index >= 15 is 0 Å². The van der Waals surface area contributed by atoms with Crippen molar-refractivity contribution in [3.63, 3.8) is 0 Å². The molecule has 1 saturated carbocycles. The van der Waals surface area contributed by atoms with Crippen LogP contribution in [-0.4, -0.2) is 19.7 Å². The predicted octanol–water partition coefficient (Wildman–Crippen LogP) is 3.61. The molecule has 1 aliphatic carbocycles. The number of hydrogen-bond acceptors (Lipinski definition) is 3. The topological polar surface area (TPSA) is 46.5 Å². The fraction of sp³-hybridized carbons (Fsp3) is 0.500. The van der Waals surface area contributed by atoms with Gasteiger partial charge in [0, 0.05) is 12.2 Å². The number of aromatic nitrogens is 4. The Morgan fingerprint density at radius 3 is 2.42 bits per heavy atom. The van der Waals surface area contributed by atoms with Crippen molar-refractivity contribution >= 4 is 12.2 Å². The van der Waals surface area contributed by atoms with Gasteiger partial charge in [0.05, 0.1) is 0 Å². The van der Waals surface area contributed by atoms with Gasteiger partial charge in [-0.1, -0.05) is 33.8 Å². The maximum absolute atomic E-state index is 5.41. The summed E-state index contributed by atoms with van der Waals surface area (Å²) in [5.74, 6) is 0.828. The fourth-order valence-electron chi connectivity index (χ4n) is 3.03. The molecule has 1 aliphatic rings. The van der Waals surface area contributed by atoms with Crippen LogP contribution in [0.5, 0.6) is 0 Å². The summed E-state index contributed by atoms with van der Waals surface area (Å²) in [6.07, 6.45) is 1.78. The van der Waals surface area contributed by atoms with Gasteiger partial charge < -0.3 is 0 Å². The van der Waals surface area contributed by atoms with Crippen LogP contribution in [0.2, 0.25) is 0 Å². The maximum Gasteiger partial charge on any atom is 0.195 e. The minimum absolute atomic E-state index is 0.207. The summed E-state index contributed by atoms with van der Waals surface area (Å²) in [6.45, 7) is 9.09. The first-order chi connectivity index (χ1) is 8.87. The molecule has 0 amide bonds. The van der Waals surface area contributed by atoms with E-state index in [1.54, 1.807) is 6.20 Å². The Morgan fingerprint density at radius 2 is 1.89 bits per heavy atom. The normalized spacial score (nSPS) is 20.4. The molecule has 0 aliphatic heterocycles. The molecule has 1 N–H and O–H groups in total. The highest BCUT2D eigenvalue weighted by Gasteiger charge is 2.66. The van der Waals surface area contributed by atoms with Gasteiger partial charge in [0.2, 0.25) is 0 Å². The van der Waals surface area contributed by atoms with E-state index < -0.39 is 0 Å². The van der Waals surface area contributed by atoms with E-state index in [2.05, 4.69) is 47.4 Å². The van der Waals surface area contributed by atoms with Crippen molar-refractivity contribution in [2.45, 2.75) is 33.7 Å². The van der Waals surface area contributed by atoms with Crippen molar-refractivity contribution in [3.05, 3.63) is 29.2 Å². The van der Waals surface area contributed by atoms with Crippen molar-refractivity contribution < 1.29 is 0 Å². The largest absolute Gasteiger partial charge is 0.295 e. The number of aromatic amines is 1. The number of nitrogens with zero attached hydrogens (tertiary/aromatic N) is 3. The molecule has 19 heavy (non-hydrogen) atoms. The van der Waals surface area contributed by atoms with Crippen molar-refractivity contribution in [3.8, 4) is 11.5 Å². The lowest BCUT2D eigenvalue weighted by Crippen LogP contribution is -2.04. The zero-order valence-electron chi connectivity index (χ0n) is 11.6. The second-order valence-corrected chi connectivity index (χ2v) is 6.67. The quantitative estimate of drug-likeness (QED) is 0.851. The third kappa shape index (κ3) is 1.61. The number of pyridine rings is 1. The van der Waals surface area contributed by atoms with Crippen molar-refractivity contribution in [1.29, 1.82) is 0 Å². The van der Waals surface area contributed by atoms with Gasteiger partial charge in [-0.3, -0.25) is 14.6 Å². The Kier molecular flexibility index (Phi) is 2.48. The van der Waals surface area contributed by atoms with Crippen LogP contribution < -0.4 is 0 Å². The van der Waals surface area contributed by atoms with Gasteiger partial charge in [0.15, 0.2) is 10.6 Å². The van der Waals surface area contributed by atoms with Crippen LogP contribution in [0.1, 0.15) is 33.7 Å². The monoisotopic (exact) mass is 274 g/mol. The van der Waals surface area contributed by atoms with Crippen LogP contribution in [-0.2, 0) is 0 Å². The number of nitrogens with one attached hydrogen (secondary N) is 1. The first kappa shape index (κ1) is 12.5. The average molecular weight is 274 g/mol. The second-order valence-electron chi connectivity index (χ2n) is 6.28. The highest BCUT2D eigenvalue weighted by atomic mass is 32.1. The molecule has 0 bridgehead atoms. The summed E-state index contributed by atoms with van der Waals surface area (Å²) >= 11 is 5.41. The molecule has 0 spiro atoms. The van der Waals surface area contributed by atoms with Gasteiger partial charge in [-0.25, -0.2) is 0 Å². The Balaban J connectivity index is 2.15. The molecule has 3 rings (SSSR count). The Morgan fingerprint density at radius 1 is 1.21 bits per heavy atom. The van der Waals surface area contributed by atoms with Crippen LogP contribution in [0.25, 0.3) is 11.5 Å². The number of H-pyrrole nitrogens is 1. The number of hydrogen-bond donors (Lipinski definition) is 1. The third-order valence-electron chi connectivity index (χ3n) is 4.80. The molecule has 100 valence electrons. The van der Waals surface area contributed by atoms with E-state index in [-0.39, 0.29) is 10.8 Å². The number of rotatable bonds is 2. The summed E-state index contributed by atoms with van der Waals surface area (Å²) < 4.78 is 2.79. The second kappa shape index (κ2) is 3.76. The molecule has 0 unspecified atom stereocenters. The van der Waals surface area contributed by atoms with Crippen LogP contribution in [0.4, 0.5) is 0 Å². The zero-order chi connectivity index (χ0) is 13.8. The first-order valence-corrected chi connectivity index (χ1v) is 6.86. The van der Waals surface area contributed by atoms with Gasteiger partial charge in [0.1, 0.15) is 5.69 Å². The minimum atomic E-state index is 0.207. The van der Waals surface area contributed by atoms with Crippen LogP contribution in [0.15, 0.2) is 24.4 Å². The third-order valence-corrected chi connectivity index (χ3v) is 5.09. The van der Waals surface area contributed by atoms with Crippen molar-refractivity contribution in [1.82, 2.24) is 19.7 Å². The predicted molar refractivity (Wildman–Crippen MR) is 77.2 cm³/mol. The average Bonchev–Trinajstić information content (AvgIpc) is 2.64. The fourth-order valence-corrected chi connectivity index (χ4v) is 3.26. The molecule has 0 radical (unpaired) electrons. The molecule has 5 heteroatoms. The molecule has 1 fully saturated rings. The zero-order valence-corrected chi connectivity index (χ0v) is 12.5. The lowest BCUT2D eigenvalue weighted by atomic mass is 10.0. The molecular weight excluding hydrogens is 256 g/mol. The molecule has 2 heterocycles. The Hall–Kier alpha value is -1.49. The van der Waals surface area contributed by atoms with E-state index in [0.29, 0.717) is 10.8 Å². The highest BCUT2D eigenvalue weighted by Crippen LogP contribution is 2.71. The summed E-state index contributed by atoms with van der Waals surface area (Å²) in [4.78, 5) is 4.38. The molecule has 0 atom stereocenters. The summed E-state index contributed by atoms with van der Waals surface area (Å²) in [7, 11) is 0. The lowest BCUT2D eigenvalue weighted by molar-refractivity contribution is 0.457. The molecule has 0 saturated heterocycles. The summed E-state index contributed by atoms with van der Waals surface area (Å²) in [5, 5.41) is 7.27.